The van der Waals surface area contributed by atoms with E-state index in [2.05, 4.69) is 20.4 Å². The summed E-state index contributed by atoms with van der Waals surface area (Å²) in [6, 6.07) is 15.4. The predicted molar refractivity (Wildman–Crippen MR) is 110 cm³/mol. The maximum Gasteiger partial charge on any atom is 0.272 e. The van der Waals surface area contributed by atoms with Gasteiger partial charge in [0.1, 0.15) is 5.82 Å². The molecule has 0 aliphatic rings. The van der Waals surface area contributed by atoms with Gasteiger partial charge in [0.15, 0.2) is 5.65 Å². The highest BCUT2D eigenvalue weighted by molar-refractivity contribution is 5.60. The molecular formula is C22H22FN5O. The van der Waals surface area contributed by atoms with Crippen molar-refractivity contribution in [1.29, 1.82) is 0 Å². The second kappa shape index (κ2) is 7.97. The molecule has 7 heteroatoms. The van der Waals surface area contributed by atoms with Crippen molar-refractivity contribution < 1.29 is 4.39 Å². The third kappa shape index (κ3) is 3.95. The molecule has 148 valence electrons. The molecule has 6 nitrogen and oxygen atoms in total. The van der Waals surface area contributed by atoms with Crippen molar-refractivity contribution >= 4 is 5.65 Å². The Morgan fingerprint density at radius 2 is 1.93 bits per heavy atom. The van der Waals surface area contributed by atoms with E-state index in [0.717, 1.165) is 5.69 Å². The summed E-state index contributed by atoms with van der Waals surface area (Å²) in [5.74, 6) is -0.0954. The zero-order valence-corrected chi connectivity index (χ0v) is 16.3. The molecule has 0 saturated carbocycles. The van der Waals surface area contributed by atoms with Crippen molar-refractivity contribution in [2.24, 2.45) is 5.92 Å². The smallest absolute Gasteiger partial charge is 0.272 e. The molecule has 1 atom stereocenters. The average Bonchev–Trinajstić information content (AvgIpc) is 3.15. The molecule has 1 unspecified atom stereocenters. The van der Waals surface area contributed by atoms with Gasteiger partial charge in [-0.05, 0) is 24.1 Å². The van der Waals surface area contributed by atoms with Gasteiger partial charge in [0.25, 0.3) is 5.56 Å². The minimum absolute atomic E-state index is 0.158. The van der Waals surface area contributed by atoms with Gasteiger partial charge < -0.3 is 5.32 Å². The monoisotopic (exact) mass is 391 g/mol. The first-order chi connectivity index (χ1) is 14.0. The van der Waals surface area contributed by atoms with Crippen LogP contribution in [0.2, 0.25) is 0 Å². The minimum atomic E-state index is -0.253. The molecule has 4 rings (SSSR count). The number of halogens is 1. The molecule has 0 radical (unpaired) electrons. The highest BCUT2D eigenvalue weighted by Gasteiger charge is 2.20. The molecule has 4 aromatic rings. The number of fused-ring (bicyclic) bond motifs is 1. The molecule has 1 aromatic carbocycles. The van der Waals surface area contributed by atoms with Crippen LogP contribution in [-0.2, 0) is 6.54 Å². The van der Waals surface area contributed by atoms with Crippen LogP contribution in [0.4, 0.5) is 4.39 Å². The molecule has 0 saturated heterocycles. The summed E-state index contributed by atoms with van der Waals surface area (Å²) < 4.78 is 15.4. The van der Waals surface area contributed by atoms with Gasteiger partial charge in [0.05, 0.1) is 23.1 Å². The number of hydrogen-bond donors (Lipinski definition) is 2. The highest BCUT2D eigenvalue weighted by Crippen LogP contribution is 2.22. The molecule has 0 aliphatic heterocycles. The lowest BCUT2D eigenvalue weighted by atomic mass is 10.00. The van der Waals surface area contributed by atoms with Crippen molar-refractivity contribution in [3.8, 4) is 11.4 Å². The van der Waals surface area contributed by atoms with E-state index in [1.807, 2.05) is 38.1 Å². The largest absolute Gasteiger partial charge is 0.304 e. The first kappa shape index (κ1) is 19.0. The Hall–Kier alpha value is -3.32. The summed E-state index contributed by atoms with van der Waals surface area (Å²) in [4.78, 5) is 21.7. The fourth-order valence-corrected chi connectivity index (χ4v) is 3.37. The second-order valence-electron chi connectivity index (χ2n) is 7.29. The first-order valence-electron chi connectivity index (χ1n) is 9.54. The average molecular weight is 391 g/mol. The van der Waals surface area contributed by atoms with Crippen LogP contribution in [0, 0.1) is 11.7 Å². The number of hydrogen-bond acceptors (Lipinski definition) is 4. The molecule has 0 bridgehead atoms. The molecular weight excluding hydrogens is 369 g/mol. The molecule has 3 aromatic heterocycles. The second-order valence-corrected chi connectivity index (χ2v) is 7.29. The highest BCUT2D eigenvalue weighted by atomic mass is 19.1. The zero-order chi connectivity index (χ0) is 20.4. The van der Waals surface area contributed by atoms with Gasteiger partial charge in [0.2, 0.25) is 0 Å². The van der Waals surface area contributed by atoms with E-state index in [0.29, 0.717) is 29.1 Å². The normalized spacial score (nSPS) is 12.6. The van der Waals surface area contributed by atoms with E-state index in [4.69, 9.17) is 0 Å². The number of nitrogens with one attached hydrogen (secondary N) is 2. The zero-order valence-electron chi connectivity index (χ0n) is 16.3. The summed E-state index contributed by atoms with van der Waals surface area (Å²) in [6.45, 7) is 4.43. The SMILES string of the molecule is CC(C)C(NCc1ccccc1F)c1cc(=O)n2[nH]c(-c3ccccn3)cc2n1. The molecule has 0 fully saturated rings. The maximum atomic E-state index is 14.0. The Morgan fingerprint density at radius 1 is 1.14 bits per heavy atom. The summed E-state index contributed by atoms with van der Waals surface area (Å²) in [7, 11) is 0. The number of pyridine rings is 1. The van der Waals surface area contributed by atoms with Crippen LogP contribution in [-0.4, -0.2) is 19.6 Å². The van der Waals surface area contributed by atoms with Crippen LogP contribution < -0.4 is 10.9 Å². The van der Waals surface area contributed by atoms with Crippen LogP contribution in [0.1, 0.15) is 31.1 Å². The van der Waals surface area contributed by atoms with Crippen molar-refractivity contribution in [2.75, 3.05) is 0 Å². The van der Waals surface area contributed by atoms with Gasteiger partial charge in [-0.3, -0.25) is 14.9 Å². The lowest BCUT2D eigenvalue weighted by Gasteiger charge is -2.22. The van der Waals surface area contributed by atoms with Gasteiger partial charge in [-0.15, -0.1) is 0 Å². The van der Waals surface area contributed by atoms with Crippen LogP contribution in [0.25, 0.3) is 17.0 Å². The van der Waals surface area contributed by atoms with Gasteiger partial charge in [-0.1, -0.05) is 38.1 Å². The van der Waals surface area contributed by atoms with Crippen molar-refractivity contribution in [1.82, 2.24) is 24.9 Å². The number of aromatic nitrogens is 4. The third-order valence-electron chi connectivity index (χ3n) is 4.87. The predicted octanol–water partition coefficient (Wildman–Crippen LogP) is 3.71. The van der Waals surface area contributed by atoms with Gasteiger partial charge in [0, 0.05) is 30.4 Å². The fraction of sp³-hybridized carbons (Fsp3) is 0.227. The van der Waals surface area contributed by atoms with Crippen LogP contribution in [0.15, 0.2) is 65.6 Å². The third-order valence-corrected chi connectivity index (χ3v) is 4.87. The van der Waals surface area contributed by atoms with Gasteiger partial charge in [-0.2, -0.15) is 0 Å². The number of benzene rings is 1. The Morgan fingerprint density at radius 3 is 2.66 bits per heavy atom. The molecule has 0 aliphatic carbocycles. The summed E-state index contributed by atoms with van der Waals surface area (Å²) in [6.07, 6.45) is 1.70. The minimum Gasteiger partial charge on any atom is -0.304 e. The Labute approximate surface area is 167 Å². The van der Waals surface area contributed by atoms with Crippen LogP contribution in [0.3, 0.4) is 0 Å². The van der Waals surface area contributed by atoms with E-state index >= 15 is 0 Å². The summed E-state index contributed by atoms with van der Waals surface area (Å²) in [5.41, 5.74) is 2.98. The molecule has 2 N–H and O–H groups in total. The van der Waals surface area contributed by atoms with Crippen molar-refractivity contribution in [3.63, 3.8) is 0 Å². The van der Waals surface area contributed by atoms with Crippen LogP contribution in [0.5, 0.6) is 0 Å². The van der Waals surface area contributed by atoms with Crippen LogP contribution >= 0.6 is 0 Å². The lowest BCUT2D eigenvalue weighted by Crippen LogP contribution is -2.29. The quantitative estimate of drug-likeness (QED) is 0.525. The van der Waals surface area contributed by atoms with Gasteiger partial charge >= 0.3 is 0 Å². The Balaban J connectivity index is 1.67. The van der Waals surface area contributed by atoms with E-state index in [1.54, 1.807) is 24.4 Å². The Bertz CT molecular complexity index is 1180. The van der Waals surface area contributed by atoms with E-state index in [9.17, 15) is 9.18 Å². The number of rotatable bonds is 6. The van der Waals surface area contributed by atoms with Crippen molar-refractivity contribution in [3.05, 3.63) is 88.2 Å². The topological polar surface area (TPSA) is 75.1 Å². The van der Waals surface area contributed by atoms with E-state index in [-0.39, 0.29) is 23.3 Å². The standard InChI is InChI=1S/C22H22FN5O/c1-14(2)22(25-13-15-7-3-4-8-16(15)23)19-12-21(29)28-20(26-19)11-18(27-28)17-9-5-6-10-24-17/h3-12,14,22,25,27H,13H2,1-2H3. The number of H-pyrrole nitrogens is 1. The summed E-state index contributed by atoms with van der Waals surface area (Å²) in [5, 5.41) is 6.40. The summed E-state index contributed by atoms with van der Waals surface area (Å²) >= 11 is 0. The van der Waals surface area contributed by atoms with Crippen molar-refractivity contribution in [2.45, 2.75) is 26.4 Å². The van der Waals surface area contributed by atoms with E-state index < -0.39 is 0 Å². The fourth-order valence-electron chi connectivity index (χ4n) is 3.37. The Kier molecular flexibility index (Phi) is 5.22. The lowest BCUT2D eigenvalue weighted by molar-refractivity contribution is 0.398. The molecule has 29 heavy (non-hydrogen) atoms. The molecule has 3 heterocycles. The number of nitrogens with zero attached hydrogens (tertiary/aromatic N) is 3. The molecule has 0 spiro atoms. The maximum absolute atomic E-state index is 14.0. The van der Waals surface area contributed by atoms with E-state index in [1.165, 1.54) is 16.6 Å². The number of aromatic amines is 1. The first-order valence-corrected chi connectivity index (χ1v) is 9.54. The van der Waals surface area contributed by atoms with Gasteiger partial charge in [-0.25, -0.2) is 13.9 Å². The molecule has 0 amide bonds.